The minimum atomic E-state index is -3.44. The fraction of sp³-hybridized carbons (Fsp3) is 0.538. The molecule has 0 atom stereocenters. The van der Waals surface area contributed by atoms with Crippen molar-refractivity contribution in [3.05, 3.63) is 29.8 Å². The zero-order valence-electron chi connectivity index (χ0n) is 11.5. The van der Waals surface area contributed by atoms with E-state index in [-0.39, 0.29) is 0 Å². The molecule has 1 fully saturated rings. The molecule has 2 rings (SSSR count). The van der Waals surface area contributed by atoms with Crippen LogP contribution < -0.4 is 5.32 Å². The van der Waals surface area contributed by atoms with Gasteiger partial charge in [0.2, 0.25) is 10.0 Å². The Labute approximate surface area is 122 Å². The van der Waals surface area contributed by atoms with Gasteiger partial charge in [-0.3, -0.25) is 4.21 Å². The zero-order valence-corrected chi connectivity index (χ0v) is 13.2. The summed E-state index contributed by atoms with van der Waals surface area (Å²) in [6.45, 7) is 4.33. The van der Waals surface area contributed by atoms with Crippen LogP contribution in [-0.4, -0.2) is 48.1 Å². The maximum atomic E-state index is 12.4. The third kappa shape index (κ3) is 3.66. The number of rotatable bonds is 5. The van der Waals surface area contributed by atoms with Crippen molar-refractivity contribution in [1.29, 1.82) is 0 Å². The Kier molecular flexibility index (Phi) is 5.31. The fourth-order valence-electron chi connectivity index (χ4n) is 2.06. The molecule has 0 bridgehead atoms. The van der Waals surface area contributed by atoms with Crippen LogP contribution in [0.1, 0.15) is 12.5 Å². The van der Waals surface area contributed by atoms with Crippen LogP contribution in [0.15, 0.2) is 29.2 Å². The summed E-state index contributed by atoms with van der Waals surface area (Å²) >= 11 is 0. The van der Waals surface area contributed by atoms with E-state index in [1.807, 2.05) is 19.1 Å². The van der Waals surface area contributed by atoms with Crippen molar-refractivity contribution in [2.45, 2.75) is 18.4 Å². The Morgan fingerprint density at radius 3 is 2.35 bits per heavy atom. The first-order chi connectivity index (χ1) is 9.54. The minimum Gasteiger partial charge on any atom is -0.313 e. The molecule has 1 aliphatic heterocycles. The van der Waals surface area contributed by atoms with Crippen LogP contribution >= 0.6 is 0 Å². The van der Waals surface area contributed by atoms with E-state index in [4.69, 9.17) is 0 Å². The highest BCUT2D eigenvalue weighted by atomic mass is 32.2. The van der Waals surface area contributed by atoms with Crippen molar-refractivity contribution in [3.8, 4) is 0 Å². The van der Waals surface area contributed by atoms with Crippen molar-refractivity contribution in [2.75, 3.05) is 31.1 Å². The lowest BCUT2D eigenvalue weighted by Crippen LogP contribution is -2.41. The highest BCUT2D eigenvalue weighted by Crippen LogP contribution is 2.18. The summed E-state index contributed by atoms with van der Waals surface area (Å²) in [6, 6.07) is 6.95. The molecule has 0 radical (unpaired) electrons. The monoisotopic (exact) mass is 316 g/mol. The van der Waals surface area contributed by atoms with E-state index in [1.54, 1.807) is 12.1 Å². The molecule has 20 heavy (non-hydrogen) atoms. The van der Waals surface area contributed by atoms with E-state index in [1.165, 1.54) is 4.31 Å². The maximum absolute atomic E-state index is 12.4. The summed E-state index contributed by atoms with van der Waals surface area (Å²) < 4.78 is 37.6. The highest BCUT2D eigenvalue weighted by Gasteiger charge is 2.27. The Hall–Kier alpha value is -0.760. The van der Waals surface area contributed by atoms with Gasteiger partial charge in [-0.1, -0.05) is 19.1 Å². The summed E-state index contributed by atoms with van der Waals surface area (Å²) in [5.74, 6) is 0.857. The van der Waals surface area contributed by atoms with Gasteiger partial charge in [0.1, 0.15) is 0 Å². The second-order valence-electron chi connectivity index (χ2n) is 4.68. The Morgan fingerprint density at radius 1 is 1.20 bits per heavy atom. The maximum Gasteiger partial charge on any atom is 0.243 e. The Balaban J connectivity index is 2.11. The molecule has 1 aromatic carbocycles. The van der Waals surface area contributed by atoms with Crippen LogP contribution in [0, 0.1) is 0 Å². The van der Waals surface area contributed by atoms with Crippen LogP contribution in [0.25, 0.3) is 0 Å². The van der Waals surface area contributed by atoms with Crippen LogP contribution in [0.5, 0.6) is 0 Å². The molecule has 0 aromatic heterocycles. The predicted octanol–water partition coefficient (Wildman–Crippen LogP) is 0.549. The SMILES string of the molecule is CCNCc1ccc(S(=O)(=O)N2CCS(=O)CC2)cc1. The number of nitrogens with one attached hydrogen (secondary N) is 1. The average Bonchev–Trinajstić information content (AvgIpc) is 2.46. The molecule has 0 saturated carbocycles. The third-order valence-electron chi connectivity index (χ3n) is 3.28. The first kappa shape index (κ1) is 15.6. The lowest BCUT2D eigenvalue weighted by atomic mass is 10.2. The van der Waals surface area contributed by atoms with E-state index in [9.17, 15) is 12.6 Å². The molecule has 1 heterocycles. The normalized spacial score (nSPS) is 18.2. The molecule has 0 unspecified atom stereocenters. The highest BCUT2D eigenvalue weighted by molar-refractivity contribution is 7.89. The molecule has 1 aromatic rings. The summed E-state index contributed by atoms with van der Waals surface area (Å²) in [4.78, 5) is 0.311. The molecule has 1 aliphatic rings. The van der Waals surface area contributed by atoms with E-state index >= 15 is 0 Å². The second kappa shape index (κ2) is 6.80. The standard InChI is InChI=1S/C13H20N2O3S2/c1-2-14-11-12-3-5-13(6-4-12)20(17,18)15-7-9-19(16)10-8-15/h3-6,14H,2,7-11H2,1H3. The van der Waals surface area contributed by atoms with Gasteiger partial charge in [0.25, 0.3) is 0 Å². The van der Waals surface area contributed by atoms with Crippen LogP contribution in [0.4, 0.5) is 0 Å². The largest absolute Gasteiger partial charge is 0.313 e. The van der Waals surface area contributed by atoms with Gasteiger partial charge in [-0.25, -0.2) is 8.42 Å². The molecular weight excluding hydrogens is 296 g/mol. The van der Waals surface area contributed by atoms with Gasteiger partial charge < -0.3 is 5.32 Å². The number of benzene rings is 1. The molecule has 1 N–H and O–H groups in total. The van der Waals surface area contributed by atoms with Crippen molar-refractivity contribution >= 4 is 20.8 Å². The van der Waals surface area contributed by atoms with E-state index in [0.29, 0.717) is 29.5 Å². The number of sulfonamides is 1. The molecule has 0 aliphatic carbocycles. The summed E-state index contributed by atoms with van der Waals surface area (Å²) in [6.07, 6.45) is 0. The number of hydrogen-bond acceptors (Lipinski definition) is 4. The van der Waals surface area contributed by atoms with Gasteiger partial charge in [0.05, 0.1) is 4.90 Å². The predicted molar refractivity (Wildman–Crippen MR) is 80.5 cm³/mol. The summed E-state index contributed by atoms with van der Waals surface area (Å²) in [5, 5.41) is 3.20. The average molecular weight is 316 g/mol. The zero-order chi connectivity index (χ0) is 14.6. The summed E-state index contributed by atoms with van der Waals surface area (Å²) in [7, 11) is -4.32. The van der Waals surface area contributed by atoms with Gasteiger partial charge in [0, 0.05) is 41.9 Å². The van der Waals surface area contributed by atoms with Gasteiger partial charge in [0.15, 0.2) is 0 Å². The lowest BCUT2D eigenvalue weighted by Gasteiger charge is -2.25. The molecule has 0 amide bonds. The molecule has 1 saturated heterocycles. The molecule has 5 nitrogen and oxygen atoms in total. The van der Waals surface area contributed by atoms with Crippen molar-refractivity contribution in [1.82, 2.24) is 9.62 Å². The van der Waals surface area contributed by atoms with E-state index in [2.05, 4.69) is 5.32 Å². The fourth-order valence-corrected chi connectivity index (χ4v) is 4.78. The van der Waals surface area contributed by atoms with E-state index < -0.39 is 20.8 Å². The minimum absolute atomic E-state index is 0.311. The second-order valence-corrected chi connectivity index (χ2v) is 8.31. The van der Waals surface area contributed by atoms with Crippen molar-refractivity contribution in [3.63, 3.8) is 0 Å². The number of nitrogens with zero attached hydrogens (tertiary/aromatic N) is 1. The molecule has 0 spiro atoms. The Morgan fingerprint density at radius 2 is 1.80 bits per heavy atom. The van der Waals surface area contributed by atoms with Crippen LogP contribution in [0.2, 0.25) is 0 Å². The number of hydrogen-bond donors (Lipinski definition) is 1. The Bertz CT molecular complexity index is 560. The van der Waals surface area contributed by atoms with Crippen molar-refractivity contribution < 1.29 is 12.6 Å². The van der Waals surface area contributed by atoms with E-state index in [0.717, 1.165) is 18.7 Å². The van der Waals surface area contributed by atoms with Gasteiger partial charge in [-0.15, -0.1) is 0 Å². The van der Waals surface area contributed by atoms with Crippen LogP contribution in [-0.2, 0) is 27.4 Å². The van der Waals surface area contributed by atoms with Gasteiger partial charge in [-0.2, -0.15) is 4.31 Å². The quantitative estimate of drug-likeness (QED) is 0.861. The first-order valence-electron chi connectivity index (χ1n) is 6.69. The van der Waals surface area contributed by atoms with Crippen LogP contribution in [0.3, 0.4) is 0 Å². The third-order valence-corrected chi connectivity index (χ3v) is 6.47. The smallest absolute Gasteiger partial charge is 0.243 e. The van der Waals surface area contributed by atoms with Gasteiger partial charge in [-0.05, 0) is 24.2 Å². The lowest BCUT2D eigenvalue weighted by molar-refractivity contribution is 0.438. The van der Waals surface area contributed by atoms with Gasteiger partial charge >= 0.3 is 0 Å². The molecule has 112 valence electrons. The molecular formula is C13H20N2O3S2. The van der Waals surface area contributed by atoms with Crippen molar-refractivity contribution in [2.24, 2.45) is 0 Å². The first-order valence-corrected chi connectivity index (χ1v) is 9.61. The summed E-state index contributed by atoms with van der Waals surface area (Å²) in [5.41, 5.74) is 1.06. The molecule has 7 heteroatoms. The topological polar surface area (TPSA) is 66.5 Å².